The van der Waals surface area contributed by atoms with Crippen molar-refractivity contribution >= 4 is 28.8 Å². The number of anilines is 2. The third-order valence-electron chi connectivity index (χ3n) is 7.96. The first-order valence-corrected chi connectivity index (χ1v) is 15.2. The van der Waals surface area contributed by atoms with Crippen LogP contribution >= 0.6 is 0 Å². The molecule has 0 radical (unpaired) electrons. The lowest BCUT2D eigenvalue weighted by Gasteiger charge is -2.20. The number of aliphatic hydroxyl groups excluding tert-OH is 2. The zero-order chi connectivity index (χ0) is 31.2. The monoisotopic (exact) mass is 607 g/mol. The summed E-state index contributed by atoms with van der Waals surface area (Å²) >= 11 is 0. The first-order chi connectivity index (χ1) is 22.0. The normalized spacial score (nSPS) is 19.6. The molecule has 0 saturated carbocycles. The second-order valence-electron chi connectivity index (χ2n) is 11.0. The van der Waals surface area contributed by atoms with Crippen LogP contribution < -0.4 is 16.0 Å². The molecule has 1 aliphatic heterocycles. The highest BCUT2D eigenvalue weighted by Gasteiger charge is 2.47. The van der Waals surface area contributed by atoms with Crippen molar-refractivity contribution < 1.29 is 19.7 Å². The number of hydrogen-bond acceptors (Lipinski definition) is 9. The molecule has 6 rings (SSSR count). The Hall–Kier alpha value is -4.84. The number of fused-ring (bicyclic) bond motifs is 1. The van der Waals surface area contributed by atoms with Gasteiger partial charge in [-0.05, 0) is 30.0 Å². The molecule has 1 fully saturated rings. The van der Waals surface area contributed by atoms with Gasteiger partial charge in [0.25, 0.3) is 5.91 Å². The number of carbonyl (C=O) groups excluding carboxylic acids is 1. The summed E-state index contributed by atoms with van der Waals surface area (Å²) in [5.41, 5.74) is 4.34. The molecular weight excluding hydrogens is 570 g/mol. The Kier molecular flexibility index (Phi) is 9.30. The standard InChI is InChI=1S/C34H37N7O4/c1-2-35-32(44)29-27(42)28(43)33(45-29)41-21-38-26-30(39-34(40-31(26)41)36-19-18-22-12-6-3-7-13-22)37-20-25(23-14-8-4-9-15-23)24-16-10-5-11-17-24/h3-17,21,25,27-29,33,42-43H,2,18-20H2,1H3,(H,35,44)(H2,36,37,39,40)/t27-,28+,29-,33+/m0/s1. The Labute approximate surface area is 261 Å². The highest BCUT2D eigenvalue weighted by Crippen LogP contribution is 2.34. The maximum Gasteiger partial charge on any atom is 0.252 e. The van der Waals surface area contributed by atoms with Crippen LogP contribution in [0.5, 0.6) is 0 Å². The second-order valence-corrected chi connectivity index (χ2v) is 11.0. The van der Waals surface area contributed by atoms with Gasteiger partial charge in [0.15, 0.2) is 29.3 Å². The maximum atomic E-state index is 12.5. The van der Waals surface area contributed by atoms with Gasteiger partial charge in [-0.2, -0.15) is 9.97 Å². The smallest absolute Gasteiger partial charge is 0.252 e. The summed E-state index contributed by atoms with van der Waals surface area (Å²) in [5, 5.41) is 31.1. The molecule has 0 spiro atoms. The van der Waals surface area contributed by atoms with Crippen molar-refractivity contribution in [2.75, 3.05) is 30.3 Å². The van der Waals surface area contributed by atoms with Crippen LogP contribution in [0, 0.1) is 0 Å². The van der Waals surface area contributed by atoms with E-state index in [0.29, 0.717) is 42.6 Å². The van der Waals surface area contributed by atoms with E-state index in [4.69, 9.17) is 14.7 Å². The topological polar surface area (TPSA) is 146 Å². The highest BCUT2D eigenvalue weighted by molar-refractivity contribution is 5.85. The molecule has 232 valence electrons. The minimum absolute atomic E-state index is 0.0296. The van der Waals surface area contributed by atoms with Gasteiger partial charge >= 0.3 is 0 Å². The van der Waals surface area contributed by atoms with Crippen molar-refractivity contribution in [3.8, 4) is 0 Å². The van der Waals surface area contributed by atoms with Crippen molar-refractivity contribution in [1.82, 2.24) is 24.8 Å². The highest BCUT2D eigenvalue weighted by atomic mass is 16.6. The zero-order valence-corrected chi connectivity index (χ0v) is 25.0. The third kappa shape index (κ3) is 6.65. The van der Waals surface area contributed by atoms with Crippen LogP contribution in [0.4, 0.5) is 11.8 Å². The summed E-state index contributed by atoms with van der Waals surface area (Å²) in [4.78, 5) is 26.7. The molecule has 3 aromatic carbocycles. The fraction of sp³-hybridized carbons (Fsp3) is 0.294. The van der Waals surface area contributed by atoms with E-state index in [1.54, 1.807) is 11.5 Å². The van der Waals surface area contributed by atoms with Gasteiger partial charge in [0.1, 0.15) is 12.2 Å². The summed E-state index contributed by atoms with van der Waals surface area (Å²) < 4.78 is 7.44. The molecule has 5 aromatic rings. The predicted octanol–water partition coefficient (Wildman–Crippen LogP) is 3.48. The van der Waals surface area contributed by atoms with E-state index in [-0.39, 0.29) is 5.92 Å². The average Bonchev–Trinajstić information content (AvgIpc) is 3.63. The Balaban J connectivity index is 1.32. The number of aromatic nitrogens is 4. The van der Waals surface area contributed by atoms with E-state index < -0.39 is 30.4 Å². The maximum absolute atomic E-state index is 12.5. The molecule has 0 aliphatic carbocycles. The molecule has 11 heteroatoms. The van der Waals surface area contributed by atoms with Gasteiger partial charge in [-0.25, -0.2) is 4.98 Å². The number of likely N-dealkylation sites (N-methyl/N-ethyl adjacent to an activating group) is 1. The minimum atomic E-state index is -1.42. The molecule has 1 amide bonds. The lowest BCUT2D eigenvalue weighted by atomic mass is 9.91. The van der Waals surface area contributed by atoms with Gasteiger partial charge in [0.2, 0.25) is 5.95 Å². The first kappa shape index (κ1) is 30.2. The zero-order valence-electron chi connectivity index (χ0n) is 25.0. The largest absolute Gasteiger partial charge is 0.387 e. The minimum Gasteiger partial charge on any atom is -0.387 e. The summed E-state index contributed by atoms with van der Waals surface area (Å²) in [6, 6.07) is 30.7. The van der Waals surface area contributed by atoms with E-state index in [2.05, 4.69) is 57.3 Å². The van der Waals surface area contributed by atoms with Crippen LogP contribution in [-0.4, -0.2) is 73.6 Å². The van der Waals surface area contributed by atoms with E-state index in [0.717, 1.165) is 17.5 Å². The average molecular weight is 608 g/mol. The molecule has 0 bridgehead atoms. The molecule has 45 heavy (non-hydrogen) atoms. The van der Waals surface area contributed by atoms with Crippen molar-refractivity contribution in [3.05, 3.63) is 114 Å². The number of aliphatic hydroxyl groups is 2. The molecule has 4 atom stereocenters. The van der Waals surface area contributed by atoms with Crippen LogP contribution in [0.2, 0.25) is 0 Å². The summed E-state index contributed by atoms with van der Waals surface area (Å²) in [6.45, 7) is 3.25. The molecular formula is C34H37N7O4. The van der Waals surface area contributed by atoms with E-state index in [1.165, 1.54) is 11.9 Å². The van der Waals surface area contributed by atoms with Gasteiger partial charge in [0.05, 0.1) is 6.33 Å². The number of benzene rings is 3. The Bertz CT molecular complexity index is 1660. The quantitative estimate of drug-likeness (QED) is 0.144. The molecule has 2 aromatic heterocycles. The number of nitrogens with one attached hydrogen (secondary N) is 3. The van der Waals surface area contributed by atoms with Gasteiger partial charge in [-0.1, -0.05) is 91.0 Å². The van der Waals surface area contributed by atoms with E-state index in [1.807, 2.05) is 54.6 Å². The fourth-order valence-corrected chi connectivity index (χ4v) is 5.65. The third-order valence-corrected chi connectivity index (χ3v) is 7.96. The van der Waals surface area contributed by atoms with Gasteiger partial charge in [-0.3, -0.25) is 9.36 Å². The molecule has 3 heterocycles. The lowest BCUT2D eigenvalue weighted by molar-refractivity contribution is -0.137. The summed E-state index contributed by atoms with van der Waals surface area (Å²) in [6.07, 6.45) is -2.86. The van der Waals surface area contributed by atoms with Gasteiger partial charge < -0.3 is 30.9 Å². The van der Waals surface area contributed by atoms with Crippen LogP contribution in [-0.2, 0) is 16.0 Å². The number of carbonyl (C=O) groups is 1. The Morgan fingerprint density at radius 1 is 0.889 bits per heavy atom. The van der Waals surface area contributed by atoms with E-state index >= 15 is 0 Å². The van der Waals surface area contributed by atoms with E-state index in [9.17, 15) is 15.0 Å². The molecule has 0 unspecified atom stereocenters. The second kappa shape index (κ2) is 13.9. The van der Waals surface area contributed by atoms with Crippen LogP contribution in [0.15, 0.2) is 97.3 Å². The number of ether oxygens (including phenoxy) is 1. The predicted molar refractivity (Wildman–Crippen MR) is 172 cm³/mol. The van der Waals surface area contributed by atoms with Crippen molar-refractivity contribution in [2.24, 2.45) is 0 Å². The Morgan fingerprint density at radius 3 is 2.18 bits per heavy atom. The summed E-state index contributed by atoms with van der Waals surface area (Å²) in [7, 11) is 0. The number of amides is 1. The molecule has 11 nitrogen and oxygen atoms in total. The molecule has 1 saturated heterocycles. The van der Waals surface area contributed by atoms with Gasteiger partial charge in [-0.15, -0.1) is 0 Å². The number of imidazole rings is 1. The van der Waals surface area contributed by atoms with Crippen molar-refractivity contribution in [3.63, 3.8) is 0 Å². The first-order valence-electron chi connectivity index (χ1n) is 15.2. The SMILES string of the molecule is CCNC(=O)[C@H]1O[C@@H](n2cnc3c(NCC(c4ccccc4)c4ccccc4)nc(NCCc4ccccc4)nc32)[C@H](O)[C@@H]1O. The number of rotatable bonds is 12. The molecule has 5 N–H and O–H groups in total. The van der Waals surface area contributed by atoms with Crippen LogP contribution in [0.1, 0.15) is 35.8 Å². The Morgan fingerprint density at radius 2 is 1.53 bits per heavy atom. The van der Waals surface area contributed by atoms with Crippen molar-refractivity contribution in [1.29, 1.82) is 0 Å². The molecule has 1 aliphatic rings. The fourth-order valence-electron chi connectivity index (χ4n) is 5.65. The van der Waals surface area contributed by atoms with Crippen molar-refractivity contribution in [2.45, 2.75) is 43.8 Å². The van der Waals surface area contributed by atoms with Crippen LogP contribution in [0.25, 0.3) is 11.2 Å². The summed E-state index contributed by atoms with van der Waals surface area (Å²) in [5.74, 6) is 0.407. The van der Waals surface area contributed by atoms with Crippen LogP contribution in [0.3, 0.4) is 0 Å². The number of hydrogen-bond donors (Lipinski definition) is 5. The number of nitrogens with zero attached hydrogens (tertiary/aromatic N) is 4. The van der Waals surface area contributed by atoms with Gasteiger partial charge in [0, 0.05) is 25.6 Å². The lowest BCUT2D eigenvalue weighted by Crippen LogP contribution is -2.42.